The van der Waals surface area contributed by atoms with E-state index in [4.69, 9.17) is 16.4 Å². The monoisotopic (exact) mass is 490 g/mol. The van der Waals surface area contributed by atoms with E-state index >= 15 is 0 Å². The Labute approximate surface area is 199 Å². The van der Waals surface area contributed by atoms with E-state index in [1.54, 1.807) is 9.58 Å². The fourth-order valence-corrected chi connectivity index (χ4v) is 4.38. The topological polar surface area (TPSA) is 109 Å². The van der Waals surface area contributed by atoms with Crippen LogP contribution in [0.4, 0.5) is 14.9 Å². The van der Waals surface area contributed by atoms with Gasteiger partial charge in [0.25, 0.3) is 5.91 Å². The van der Waals surface area contributed by atoms with Gasteiger partial charge in [0, 0.05) is 43.7 Å². The zero-order chi connectivity index (χ0) is 24.0. The molecule has 0 radical (unpaired) electrons. The number of nitrogens with one attached hydrogen (secondary N) is 2. The van der Waals surface area contributed by atoms with Crippen LogP contribution in [0.1, 0.15) is 34.6 Å². The Morgan fingerprint density at radius 3 is 2.85 bits per heavy atom. The quantitative estimate of drug-likeness (QED) is 0.683. The van der Waals surface area contributed by atoms with Crippen LogP contribution in [0.2, 0.25) is 5.02 Å². The highest BCUT2D eigenvalue weighted by Crippen LogP contribution is 2.29. The smallest absolute Gasteiger partial charge is 0.322 e. The van der Waals surface area contributed by atoms with E-state index in [9.17, 15) is 18.8 Å². The molecule has 2 aromatic rings. The number of halogens is 2. The SMILES string of the molecule is CN1OC(CNC(=O)C2CC2)Cn2nc3c(c2C1=O)CN(C(=O)Nc1ccc(F)c(Cl)c1)CC3. The Balaban J connectivity index is 1.31. The third kappa shape index (κ3) is 4.45. The first-order chi connectivity index (χ1) is 16.3. The molecular weight excluding hydrogens is 467 g/mol. The molecule has 1 aromatic heterocycles. The highest BCUT2D eigenvalue weighted by molar-refractivity contribution is 6.31. The largest absolute Gasteiger partial charge is 0.353 e. The van der Waals surface area contributed by atoms with Crippen LogP contribution in [0.25, 0.3) is 0 Å². The summed E-state index contributed by atoms with van der Waals surface area (Å²) in [6.07, 6.45) is 1.84. The molecule has 3 aliphatic rings. The number of anilines is 1. The summed E-state index contributed by atoms with van der Waals surface area (Å²) in [5.41, 5.74) is 2.17. The van der Waals surface area contributed by atoms with Crippen LogP contribution in [0.15, 0.2) is 18.2 Å². The molecular formula is C22H24ClFN6O4. The number of carbonyl (C=O) groups excluding carboxylic acids is 3. The maximum absolute atomic E-state index is 13.4. The van der Waals surface area contributed by atoms with Crippen molar-refractivity contribution in [1.29, 1.82) is 0 Å². The molecule has 10 nitrogen and oxygen atoms in total. The molecule has 34 heavy (non-hydrogen) atoms. The number of hydrogen-bond donors (Lipinski definition) is 2. The first-order valence-corrected chi connectivity index (χ1v) is 11.5. The first kappa shape index (κ1) is 22.6. The van der Waals surface area contributed by atoms with Crippen molar-refractivity contribution in [2.24, 2.45) is 5.92 Å². The molecule has 2 N–H and O–H groups in total. The Hall–Kier alpha value is -3.18. The summed E-state index contributed by atoms with van der Waals surface area (Å²) < 4.78 is 15.0. The normalized spacial score (nSPS) is 19.9. The standard InChI is InChI=1S/C22H24ClFN6O4/c1-28-21(32)19-15-11-29(22(33)26-13-4-5-17(24)16(23)8-13)7-6-18(15)27-30(19)10-14(34-28)9-25-20(31)12-2-3-12/h4-5,8,12,14H,2-3,6-7,9-11H2,1H3,(H,25,31)(H,26,33). The zero-order valence-electron chi connectivity index (χ0n) is 18.5. The Kier molecular flexibility index (Phi) is 5.90. The minimum absolute atomic E-state index is 0.00547. The lowest BCUT2D eigenvalue weighted by atomic mass is 10.1. The fraction of sp³-hybridized carbons (Fsp3) is 0.455. The number of fused-ring (bicyclic) bond motifs is 3. The Morgan fingerprint density at radius 1 is 1.32 bits per heavy atom. The van der Waals surface area contributed by atoms with Gasteiger partial charge >= 0.3 is 6.03 Å². The van der Waals surface area contributed by atoms with Crippen molar-refractivity contribution < 1.29 is 23.6 Å². The van der Waals surface area contributed by atoms with Crippen LogP contribution in [0.5, 0.6) is 0 Å². The van der Waals surface area contributed by atoms with Crippen LogP contribution >= 0.6 is 11.6 Å². The molecule has 1 saturated carbocycles. The number of aromatic nitrogens is 2. The van der Waals surface area contributed by atoms with Gasteiger partial charge in [-0.3, -0.25) is 19.1 Å². The molecule has 3 heterocycles. The zero-order valence-corrected chi connectivity index (χ0v) is 19.3. The number of rotatable bonds is 4. The van der Waals surface area contributed by atoms with Crippen molar-refractivity contribution >= 4 is 35.1 Å². The van der Waals surface area contributed by atoms with E-state index in [0.717, 1.165) is 23.6 Å². The summed E-state index contributed by atoms with van der Waals surface area (Å²) in [4.78, 5) is 45.2. The number of benzene rings is 1. The van der Waals surface area contributed by atoms with Crippen LogP contribution in [-0.2, 0) is 29.1 Å². The second-order valence-electron chi connectivity index (χ2n) is 8.74. The lowest BCUT2D eigenvalue weighted by Crippen LogP contribution is -2.40. The van der Waals surface area contributed by atoms with E-state index in [1.807, 2.05) is 0 Å². The summed E-state index contributed by atoms with van der Waals surface area (Å²) in [6, 6.07) is 3.56. The molecule has 0 saturated heterocycles. The maximum Gasteiger partial charge on any atom is 0.322 e. The molecule has 180 valence electrons. The van der Waals surface area contributed by atoms with Crippen molar-refractivity contribution in [3.05, 3.63) is 46.0 Å². The van der Waals surface area contributed by atoms with Crippen molar-refractivity contribution in [2.45, 2.75) is 38.5 Å². The minimum Gasteiger partial charge on any atom is -0.353 e. The van der Waals surface area contributed by atoms with Crippen molar-refractivity contribution in [3.63, 3.8) is 0 Å². The molecule has 1 fully saturated rings. The maximum atomic E-state index is 13.4. The summed E-state index contributed by atoms with van der Waals surface area (Å²) in [7, 11) is 1.53. The molecule has 4 amide bonds. The van der Waals surface area contributed by atoms with Gasteiger partial charge in [0.15, 0.2) is 0 Å². The van der Waals surface area contributed by atoms with E-state index in [1.165, 1.54) is 25.2 Å². The van der Waals surface area contributed by atoms with Gasteiger partial charge in [0.05, 0.1) is 23.8 Å². The number of amides is 4. The molecule has 1 aromatic carbocycles. The van der Waals surface area contributed by atoms with Gasteiger partial charge < -0.3 is 15.5 Å². The average Bonchev–Trinajstić information content (AvgIpc) is 3.61. The van der Waals surface area contributed by atoms with Crippen molar-refractivity contribution in [1.82, 2.24) is 25.1 Å². The lowest BCUT2D eigenvalue weighted by Gasteiger charge is -2.27. The highest BCUT2D eigenvalue weighted by Gasteiger charge is 2.36. The average molecular weight is 491 g/mol. The molecule has 1 aliphatic carbocycles. The molecule has 0 spiro atoms. The highest BCUT2D eigenvalue weighted by atomic mass is 35.5. The third-order valence-corrected chi connectivity index (χ3v) is 6.47. The second-order valence-corrected chi connectivity index (χ2v) is 9.14. The second kappa shape index (κ2) is 8.88. The van der Waals surface area contributed by atoms with E-state index in [0.29, 0.717) is 36.5 Å². The number of carbonyl (C=O) groups is 3. The van der Waals surface area contributed by atoms with Crippen molar-refractivity contribution in [3.8, 4) is 0 Å². The van der Waals surface area contributed by atoms with E-state index < -0.39 is 11.9 Å². The predicted molar refractivity (Wildman–Crippen MR) is 119 cm³/mol. The summed E-state index contributed by atoms with van der Waals surface area (Å²) in [5, 5.41) is 11.3. The van der Waals surface area contributed by atoms with E-state index in [-0.39, 0.29) is 41.9 Å². The van der Waals surface area contributed by atoms with Crippen LogP contribution in [0.3, 0.4) is 0 Å². The van der Waals surface area contributed by atoms with Crippen LogP contribution < -0.4 is 10.6 Å². The van der Waals surface area contributed by atoms with Gasteiger partial charge in [-0.2, -0.15) is 5.10 Å². The van der Waals surface area contributed by atoms with Crippen LogP contribution in [-0.4, -0.2) is 63.8 Å². The van der Waals surface area contributed by atoms with Gasteiger partial charge in [-0.25, -0.2) is 14.2 Å². The molecule has 1 atom stereocenters. The molecule has 1 unspecified atom stereocenters. The number of urea groups is 1. The van der Waals surface area contributed by atoms with Gasteiger partial charge in [0.1, 0.15) is 17.6 Å². The van der Waals surface area contributed by atoms with Gasteiger partial charge in [-0.05, 0) is 31.0 Å². The predicted octanol–water partition coefficient (Wildman–Crippen LogP) is 2.18. The summed E-state index contributed by atoms with van der Waals surface area (Å²) in [6.45, 7) is 1.16. The van der Waals surface area contributed by atoms with E-state index in [2.05, 4.69) is 15.7 Å². The lowest BCUT2D eigenvalue weighted by molar-refractivity contribution is -0.149. The first-order valence-electron chi connectivity index (χ1n) is 11.1. The molecule has 5 rings (SSSR count). The van der Waals surface area contributed by atoms with Gasteiger partial charge in [-0.1, -0.05) is 11.6 Å². The third-order valence-electron chi connectivity index (χ3n) is 6.18. The van der Waals surface area contributed by atoms with Crippen LogP contribution in [0, 0.1) is 11.7 Å². The molecule has 0 bridgehead atoms. The number of hydrogen-bond acceptors (Lipinski definition) is 5. The Bertz CT molecular complexity index is 1170. The summed E-state index contributed by atoms with van der Waals surface area (Å²) in [5.74, 6) is -0.843. The van der Waals surface area contributed by atoms with Gasteiger partial charge in [0.2, 0.25) is 5.91 Å². The van der Waals surface area contributed by atoms with Gasteiger partial charge in [-0.15, -0.1) is 0 Å². The minimum atomic E-state index is -0.569. The van der Waals surface area contributed by atoms with Crippen molar-refractivity contribution in [2.75, 3.05) is 25.5 Å². The molecule has 2 aliphatic heterocycles. The Morgan fingerprint density at radius 2 is 2.12 bits per heavy atom. The molecule has 12 heteroatoms. The summed E-state index contributed by atoms with van der Waals surface area (Å²) >= 11 is 5.80. The fourth-order valence-electron chi connectivity index (χ4n) is 4.20. The number of nitrogens with zero attached hydrogens (tertiary/aromatic N) is 4. The number of hydroxylamine groups is 2.